The molecular formula is C28H26N2O5. The van der Waals surface area contributed by atoms with E-state index in [0.29, 0.717) is 29.0 Å². The van der Waals surface area contributed by atoms with Gasteiger partial charge >= 0.3 is 6.03 Å². The van der Waals surface area contributed by atoms with E-state index in [1.54, 1.807) is 62.8 Å². The van der Waals surface area contributed by atoms with E-state index in [2.05, 4.69) is 5.32 Å². The van der Waals surface area contributed by atoms with Crippen molar-refractivity contribution in [1.82, 2.24) is 10.2 Å². The van der Waals surface area contributed by atoms with Crippen LogP contribution in [0.5, 0.6) is 11.5 Å². The first-order chi connectivity index (χ1) is 17.0. The Kier molecular flexibility index (Phi) is 5.76. The quantitative estimate of drug-likeness (QED) is 0.426. The van der Waals surface area contributed by atoms with Crippen LogP contribution in [0.2, 0.25) is 0 Å². The molecule has 1 spiro atoms. The van der Waals surface area contributed by atoms with Crippen LogP contribution in [0.1, 0.15) is 45.9 Å². The van der Waals surface area contributed by atoms with Crippen LogP contribution in [0.15, 0.2) is 72.8 Å². The molecule has 1 aliphatic heterocycles. The van der Waals surface area contributed by atoms with Gasteiger partial charge in [0.1, 0.15) is 23.1 Å². The van der Waals surface area contributed by atoms with Crippen molar-refractivity contribution in [3.63, 3.8) is 0 Å². The molecule has 35 heavy (non-hydrogen) atoms. The lowest BCUT2D eigenvalue weighted by molar-refractivity contribution is -0.133. The fraction of sp³-hybridized carbons (Fsp3) is 0.250. The van der Waals surface area contributed by atoms with E-state index < -0.39 is 23.5 Å². The molecule has 0 saturated carbocycles. The van der Waals surface area contributed by atoms with Gasteiger partial charge in [-0.15, -0.1) is 0 Å². The van der Waals surface area contributed by atoms with Crippen LogP contribution < -0.4 is 14.8 Å². The summed E-state index contributed by atoms with van der Waals surface area (Å²) in [6, 6.07) is 19.5. The number of hydrogen-bond acceptors (Lipinski definition) is 5. The van der Waals surface area contributed by atoms with Crippen LogP contribution >= 0.6 is 0 Å². The number of methoxy groups -OCH3 is 2. The fourth-order valence-electron chi connectivity index (χ4n) is 5.13. The summed E-state index contributed by atoms with van der Waals surface area (Å²) in [5, 5.41) is 2.96. The van der Waals surface area contributed by atoms with Crippen LogP contribution in [0.3, 0.4) is 0 Å². The van der Waals surface area contributed by atoms with Crippen molar-refractivity contribution < 1.29 is 23.9 Å². The van der Waals surface area contributed by atoms with E-state index in [0.717, 1.165) is 28.9 Å². The van der Waals surface area contributed by atoms with Crippen LogP contribution in [0.4, 0.5) is 4.79 Å². The number of urea groups is 1. The zero-order chi connectivity index (χ0) is 24.6. The van der Waals surface area contributed by atoms with Crippen molar-refractivity contribution in [2.45, 2.75) is 30.8 Å². The number of nitrogens with zero attached hydrogens (tertiary/aromatic N) is 1. The number of Topliss-reactive ketones (excluding diaryl/α,β-unsaturated/α-hetero) is 1. The van der Waals surface area contributed by atoms with Gasteiger partial charge in [0.05, 0.1) is 14.2 Å². The highest BCUT2D eigenvalue weighted by Gasteiger charge is 2.56. The summed E-state index contributed by atoms with van der Waals surface area (Å²) in [5.74, 6) is 0.453. The molecule has 3 amide bonds. The number of amides is 3. The number of aryl methyl sites for hydroxylation is 1. The Balaban J connectivity index is 1.60. The number of ether oxygens (including phenoxy) is 2. The molecule has 1 fully saturated rings. The summed E-state index contributed by atoms with van der Waals surface area (Å²) >= 11 is 0. The molecule has 1 N–H and O–H groups in total. The molecule has 0 bridgehead atoms. The SMILES string of the molecule is COc1ccc(C(=O)C(c2ccc(OC)cc2)N2C(=O)NC3(CCCc4ccccc43)C2=O)cc1. The Morgan fingerprint density at radius 3 is 2.20 bits per heavy atom. The zero-order valence-electron chi connectivity index (χ0n) is 19.6. The van der Waals surface area contributed by atoms with Gasteiger partial charge in [-0.2, -0.15) is 0 Å². The molecule has 1 aliphatic carbocycles. The van der Waals surface area contributed by atoms with Gasteiger partial charge in [0.2, 0.25) is 0 Å². The first kappa shape index (κ1) is 22.7. The number of nitrogens with one attached hydrogen (secondary N) is 1. The third-order valence-corrected chi connectivity index (χ3v) is 6.91. The Morgan fingerprint density at radius 2 is 1.54 bits per heavy atom. The number of hydrogen-bond donors (Lipinski definition) is 1. The number of carbonyl (C=O) groups excluding carboxylic acids is 3. The van der Waals surface area contributed by atoms with E-state index in [-0.39, 0.29) is 5.78 Å². The monoisotopic (exact) mass is 470 g/mol. The summed E-state index contributed by atoms with van der Waals surface area (Å²) in [4.78, 5) is 42.5. The number of carbonyl (C=O) groups is 3. The van der Waals surface area contributed by atoms with Crippen molar-refractivity contribution >= 4 is 17.7 Å². The van der Waals surface area contributed by atoms with Gasteiger partial charge in [0.25, 0.3) is 5.91 Å². The number of rotatable bonds is 6. The molecule has 3 aromatic rings. The highest BCUT2D eigenvalue weighted by molar-refractivity contribution is 6.13. The minimum atomic E-state index is -1.17. The minimum Gasteiger partial charge on any atom is -0.497 e. The second-order valence-corrected chi connectivity index (χ2v) is 8.79. The molecule has 2 aliphatic rings. The highest BCUT2D eigenvalue weighted by atomic mass is 16.5. The van der Waals surface area contributed by atoms with Crippen molar-refractivity contribution in [3.05, 3.63) is 95.1 Å². The molecule has 1 saturated heterocycles. The topological polar surface area (TPSA) is 84.9 Å². The third-order valence-electron chi connectivity index (χ3n) is 6.91. The molecule has 0 aromatic heterocycles. The van der Waals surface area contributed by atoms with Crippen molar-refractivity contribution in [1.29, 1.82) is 0 Å². The first-order valence-electron chi connectivity index (χ1n) is 11.5. The van der Waals surface area contributed by atoms with Gasteiger partial charge in [-0.05, 0) is 72.4 Å². The standard InChI is InChI=1S/C28H26N2O5/c1-34-21-13-9-19(10-14-21)24(25(31)20-11-15-22(35-2)16-12-20)30-26(32)28(29-27(30)33)17-5-7-18-6-3-4-8-23(18)28/h3-4,6,8-16,24H,5,7,17H2,1-2H3,(H,29,33). The predicted octanol–water partition coefficient (Wildman–Crippen LogP) is 4.41. The maximum Gasteiger partial charge on any atom is 0.326 e. The summed E-state index contributed by atoms with van der Waals surface area (Å²) in [5.41, 5.74) is 1.57. The number of fused-ring (bicyclic) bond motifs is 2. The molecule has 1 heterocycles. The maximum absolute atomic E-state index is 14.1. The van der Waals surface area contributed by atoms with Crippen molar-refractivity contribution in [3.8, 4) is 11.5 Å². The molecule has 7 heteroatoms. The molecule has 3 aromatic carbocycles. The fourth-order valence-corrected chi connectivity index (χ4v) is 5.13. The Bertz CT molecular complexity index is 1290. The summed E-state index contributed by atoms with van der Waals surface area (Å²) < 4.78 is 10.5. The molecule has 7 nitrogen and oxygen atoms in total. The van der Waals surface area contributed by atoms with Crippen molar-refractivity contribution in [2.24, 2.45) is 0 Å². The van der Waals surface area contributed by atoms with E-state index in [4.69, 9.17) is 9.47 Å². The van der Waals surface area contributed by atoms with Gasteiger partial charge in [-0.3, -0.25) is 9.59 Å². The average Bonchev–Trinajstić information content (AvgIpc) is 3.14. The third kappa shape index (κ3) is 3.73. The molecular weight excluding hydrogens is 444 g/mol. The molecule has 5 rings (SSSR count). The highest BCUT2D eigenvalue weighted by Crippen LogP contribution is 2.43. The molecule has 178 valence electrons. The zero-order valence-corrected chi connectivity index (χ0v) is 19.6. The van der Waals surface area contributed by atoms with Crippen LogP contribution in [0.25, 0.3) is 0 Å². The normalized spacial score (nSPS) is 19.8. The van der Waals surface area contributed by atoms with Gasteiger partial charge in [0, 0.05) is 5.56 Å². The van der Waals surface area contributed by atoms with Crippen LogP contribution in [-0.2, 0) is 16.8 Å². The Hall–Kier alpha value is -4.13. The first-order valence-corrected chi connectivity index (χ1v) is 11.5. The Morgan fingerprint density at radius 1 is 0.914 bits per heavy atom. The van der Waals surface area contributed by atoms with Gasteiger partial charge in [-0.25, -0.2) is 9.69 Å². The van der Waals surface area contributed by atoms with Crippen LogP contribution in [0, 0.1) is 0 Å². The minimum absolute atomic E-state index is 0.359. The Labute approximate surface area is 203 Å². The summed E-state index contributed by atoms with van der Waals surface area (Å²) in [7, 11) is 3.10. The van der Waals surface area contributed by atoms with Crippen LogP contribution in [-0.4, -0.2) is 36.8 Å². The number of benzene rings is 3. The van der Waals surface area contributed by atoms with Gasteiger partial charge in [-0.1, -0.05) is 36.4 Å². The largest absolute Gasteiger partial charge is 0.497 e. The van der Waals surface area contributed by atoms with E-state index >= 15 is 0 Å². The second kappa shape index (κ2) is 8.91. The summed E-state index contributed by atoms with van der Waals surface area (Å²) in [6.07, 6.45) is 2.08. The lowest BCUT2D eigenvalue weighted by atomic mass is 9.76. The predicted molar refractivity (Wildman–Crippen MR) is 129 cm³/mol. The van der Waals surface area contributed by atoms with Gasteiger partial charge < -0.3 is 14.8 Å². The lowest BCUT2D eigenvalue weighted by Gasteiger charge is -2.34. The average molecular weight is 471 g/mol. The summed E-state index contributed by atoms with van der Waals surface area (Å²) in [6.45, 7) is 0. The van der Waals surface area contributed by atoms with Crippen molar-refractivity contribution in [2.75, 3.05) is 14.2 Å². The molecule has 2 unspecified atom stereocenters. The van der Waals surface area contributed by atoms with Gasteiger partial charge in [0.15, 0.2) is 5.78 Å². The number of ketones is 1. The second-order valence-electron chi connectivity index (χ2n) is 8.79. The smallest absolute Gasteiger partial charge is 0.326 e. The lowest BCUT2D eigenvalue weighted by Crippen LogP contribution is -2.47. The maximum atomic E-state index is 14.1. The number of imide groups is 1. The van der Waals surface area contributed by atoms with E-state index in [1.807, 2.05) is 24.3 Å². The molecule has 2 atom stereocenters. The molecule has 0 radical (unpaired) electrons. The van der Waals surface area contributed by atoms with E-state index in [9.17, 15) is 14.4 Å². The van der Waals surface area contributed by atoms with E-state index in [1.165, 1.54) is 0 Å².